The van der Waals surface area contributed by atoms with E-state index in [1.54, 1.807) is 17.8 Å². The van der Waals surface area contributed by atoms with Gasteiger partial charge in [0, 0.05) is 29.1 Å². The molecule has 0 atom stereocenters. The van der Waals surface area contributed by atoms with Crippen LogP contribution in [-0.4, -0.2) is 46.2 Å². The van der Waals surface area contributed by atoms with E-state index >= 15 is 0 Å². The number of benzene rings is 1. The number of methoxy groups -OCH3 is 1. The molecule has 8 heteroatoms. The van der Waals surface area contributed by atoms with Gasteiger partial charge >= 0.3 is 0 Å². The number of aromatic amines is 1. The number of halogens is 2. The molecular weight excluding hydrogens is 388 g/mol. The summed E-state index contributed by atoms with van der Waals surface area (Å²) in [7, 11) is 1.56. The van der Waals surface area contributed by atoms with Crippen LogP contribution in [-0.2, 0) is 6.42 Å². The van der Waals surface area contributed by atoms with Crippen molar-refractivity contribution < 1.29 is 13.5 Å². The average molecular weight is 411 g/mol. The lowest BCUT2D eigenvalue weighted by Crippen LogP contribution is -2.26. The quantitative estimate of drug-likeness (QED) is 0.518. The molecule has 0 unspecified atom stereocenters. The molecule has 0 radical (unpaired) electrons. The second kappa shape index (κ2) is 7.68. The smallest absolute Gasteiger partial charge is 0.242 e. The molecule has 6 nitrogen and oxygen atoms in total. The summed E-state index contributed by atoms with van der Waals surface area (Å²) in [6.07, 6.45) is 2.60. The van der Waals surface area contributed by atoms with Crippen LogP contribution in [0.15, 0.2) is 36.8 Å². The summed E-state index contributed by atoms with van der Waals surface area (Å²) in [4.78, 5) is 7.55. The Hall–Kier alpha value is -3.00. The van der Waals surface area contributed by atoms with Gasteiger partial charge in [0.1, 0.15) is 6.33 Å². The lowest BCUT2D eigenvalue weighted by Gasteiger charge is -2.23. The molecule has 0 amide bonds. The van der Waals surface area contributed by atoms with E-state index in [4.69, 9.17) is 4.74 Å². The third-order valence-corrected chi connectivity index (χ3v) is 5.95. The zero-order chi connectivity index (χ0) is 20.7. The Balaban J connectivity index is 1.67. The van der Waals surface area contributed by atoms with E-state index in [0.717, 1.165) is 42.4 Å². The van der Waals surface area contributed by atoms with Crippen molar-refractivity contribution in [3.63, 3.8) is 0 Å². The lowest BCUT2D eigenvalue weighted by atomic mass is 9.89. The Morgan fingerprint density at radius 2 is 2.07 bits per heavy atom. The van der Waals surface area contributed by atoms with E-state index in [-0.39, 0.29) is 6.42 Å². The number of hydrogen-bond donors (Lipinski definition) is 2. The van der Waals surface area contributed by atoms with Gasteiger partial charge in [-0.1, -0.05) is 6.07 Å². The van der Waals surface area contributed by atoms with Crippen LogP contribution >= 0.6 is 0 Å². The molecule has 1 saturated heterocycles. The van der Waals surface area contributed by atoms with Crippen molar-refractivity contribution >= 4 is 16.6 Å². The summed E-state index contributed by atoms with van der Waals surface area (Å²) in [6, 6.07) is 8.04. The fraction of sp³-hybridized carbons (Fsp3) is 0.364. The van der Waals surface area contributed by atoms with Crippen molar-refractivity contribution in [2.45, 2.75) is 31.6 Å². The Morgan fingerprint density at radius 3 is 2.83 bits per heavy atom. The highest BCUT2D eigenvalue weighted by molar-refractivity contribution is 5.91. The number of H-pyrrole nitrogens is 1. The molecule has 156 valence electrons. The van der Waals surface area contributed by atoms with E-state index in [9.17, 15) is 8.78 Å². The first-order chi connectivity index (χ1) is 14.6. The molecule has 1 aliphatic heterocycles. The van der Waals surface area contributed by atoms with Crippen LogP contribution in [0.5, 0.6) is 5.75 Å². The normalized spacial score (nSPS) is 15.5. The topological polar surface area (TPSA) is 67.2 Å². The number of hydrogen-bond acceptors (Lipinski definition) is 4. The van der Waals surface area contributed by atoms with E-state index < -0.39 is 6.43 Å². The van der Waals surface area contributed by atoms with E-state index in [2.05, 4.69) is 32.5 Å². The molecular formula is C22H23F2N5O. The molecule has 0 saturated carbocycles. The van der Waals surface area contributed by atoms with E-state index in [1.807, 2.05) is 12.1 Å². The summed E-state index contributed by atoms with van der Waals surface area (Å²) in [6.45, 7) is 1.98. The Morgan fingerprint density at radius 1 is 1.23 bits per heavy atom. The maximum absolute atomic E-state index is 13.6. The van der Waals surface area contributed by atoms with Crippen LogP contribution in [0.3, 0.4) is 0 Å². The van der Waals surface area contributed by atoms with Gasteiger partial charge in [-0.3, -0.25) is 0 Å². The van der Waals surface area contributed by atoms with Gasteiger partial charge in [-0.15, -0.1) is 0 Å². The van der Waals surface area contributed by atoms with Crippen LogP contribution in [0.1, 0.15) is 29.9 Å². The average Bonchev–Trinajstić information content (AvgIpc) is 3.38. The minimum atomic E-state index is -2.44. The third-order valence-electron chi connectivity index (χ3n) is 5.95. The molecule has 1 fully saturated rings. The first kappa shape index (κ1) is 19.0. The molecule has 0 bridgehead atoms. The van der Waals surface area contributed by atoms with Crippen molar-refractivity contribution in [2.24, 2.45) is 0 Å². The number of nitrogens with one attached hydrogen (secondary N) is 2. The molecule has 5 rings (SSSR count). The maximum atomic E-state index is 13.6. The molecule has 1 aromatic carbocycles. The minimum Gasteiger partial charge on any atom is -0.493 e. The lowest BCUT2D eigenvalue weighted by molar-refractivity contribution is 0.149. The SMILES string of the molecule is COc1cc(-c2[nH]c3ccc(C4CCNCC4)cc3c2CC(F)F)cn2ncnc12. The highest BCUT2D eigenvalue weighted by Gasteiger charge is 2.21. The summed E-state index contributed by atoms with van der Waals surface area (Å²) in [5, 5.41) is 8.43. The fourth-order valence-electron chi connectivity index (χ4n) is 4.47. The Bertz CT molecular complexity index is 1190. The molecule has 3 aromatic heterocycles. The van der Waals surface area contributed by atoms with Crippen molar-refractivity contribution in [3.8, 4) is 17.0 Å². The standard InChI is InChI=1S/C22H23F2N5O/c1-30-19-9-15(11-29-22(19)26-12-27-29)21-17(10-20(23)24)16-8-14(2-3-18(16)28-21)13-4-6-25-7-5-13/h2-3,8-9,11-13,20,25,28H,4-7,10H2,1H3. The van der Waals surface area contributed by atoms with E-state index in [1.165, 1.54) is 11.9 Å². The minimum absolute atomic E-state index is 0.317. The first-order valence-corrected chi connectivity index (χ1v) is 10.1. The van der Waals surface area contributed by atoms with Crippen LogP contribution in [0.2, 0.25) is 0 Å². The van der Waals surface area contributed by atoms with Crippen LogP contribution in [0.25, 0.3) is 27.8 Å². The Labute approximate surface area is 172 Å². The summed E-state index contributed by atoms with van der Waals surface area (Å²) in [5.41, 5.74) is 4.69. The fourth-order valence-corrected chi connectivity index (χ4v) is 4.47. The highest BCUT2D eigenvalue weighted by Crippen LogP contribution is 2.36. The predicted octanol–water partition coefficient (Wildman–Crippen LogP) is 4.16. The number of ether oxygens (including phenoxy) is 1. The number of aromatic nitrogens is 4. The van der Waals surface area contributed by atoms with Crippen LogP contribution < -0.4 is 10.1 Å². The number of rotatable bonds is 5. The van der Waals surface area contributed by atoms with E-state index in [0.29, 0.717) is 28.6 Å². The molecule has 4 heterocycles. The largest absolute Gasteiger partial charge is 0.493 e. The van der Waals surface area contributed by atoms with Gasteiger partial charge in [0.05, 0.1) is 12.8 Å². The van der Waals surface area contributed by atoms with Crippen molar-refractivity contribution in [3.05, 3.63) is 47.9 Å². The van der Waals surface area contributed by atoms with Crippen molar-refractivity contribution in [1.29, 1.82) is 0 Å². The molecule has 2 N–H and O–H groups in total. The monoisotopic (exact) mass is 411 g/mol. The van der Waals surface area contributed by atoms with Crippen molar-refractivity contribution in [2.75, 3.05) is 20.2 Å². The highest BCUT2D eigenvalue weighted by atomic mass is 19.3. The number of piperidine rings is 1. The van der Waals surface area contributed by atoms with Crippen molar-refractivity contribution in [1.82, 2.24) is 24.9 Å². The second-order valence-corrected chi connectivity index (χ2v) is 7.73. The second-order valence-electron chi connectivity index (χ2n) is 7.73. The zero-order valence-corrected chi connectivity index (χ0v) is 16.7. The van der Waals surface area contributed by atoms with Gasteiger partial charge in [0.25, 0.3) is 0 Å². The van der Waals surface area contributed by atoms with Crippen LogP contribution in [0.4, 0.5) is 8.78 Å². The van der Waals surface area contributed by atoms with Gasteiger partial charge in [0.15, 0.2) is 11.4 Å². The van der Waals surface area contributed by atoms with Gasteiger partial charge in [-0.05, 0) is 61.2 Å². The molecule has 0 spiro atoms. The number of alkyl halides is 2. The van der Waals surface area contributed by atoms with Gasteiger partial charge in [-0.25, -0.2) is 18.3 Å². The summed E-state index contributed by atoms with van der Waals surface area (Å²) >= 11 is 0. The number of fused-ring (bicyclic) bond motifs is 2. The zero-order valence-electron chi connectivity index (χ0n) is 16.7. The predicted molar refractivity (Wildman–Crippen MR) is 111 cm³/mol. The third kappa shape index (κ3) is 3.31. The van der Waals surface area contributed by atoms with Gasteiger partial charge in [-0.2, -0.15) is 5.10 Å². The number of pyridine rings is 1. The van der Waals surface area contributed by atoms with Gasteiger partial charge in [0.2, 0.25) is 6.43 Å². The molecule has 0 aliphatic carbocycles. The molecule has 4 aromatic rings. The maximum Gasteiger partial charge on any atom is 0.242 e. The summed E-state index contributed by atoms with van der Waals surface area (Å²) < 4.78 is 34.2. The molecule has 1 aliphatic rings. The summed E-state index contributed by atoms with van der Waals surface area (Å²) in [5.74, 6) is 1.00. The van der Waals surface area contributed by atoms with Gasteiger partial charge < -0.3 is 15.0 Å². The Kier molecular flexibility index (Phi) is 4.86. The molecule has 30 heavy (non-hydrogen) atoms. The first-order valence-electron chi connectivity index (χ1n) is 10.1. The van der Waals surface area contributed by atoms with Crippen LogP contribution in [0, 0.1) is 0 Å². The number of nitrogens with zero attached hydrogens (tertiary/aromatic N) is 3.